The number of benzene rings is 1. The monoisotopic (exact) mass is 275 g/mol. The van der Waals surface area contributed by atoms with Crippen molar-refractivity contribution in [3.8, 4) is 0 Å². The van der Waals surface area contributed by atoms with E-state index in [1.807, 2.05) is 17.6 Å². The van der Waals surface area contributed by atoms with Crippen LogP contribution in [0, 0.1) is 11.7 Å². The Kier molecular flexibility index (Phi) is 2.80. The Bertz CT molecular complexity index is 737. The van der Waals surface area contributed by atoms with Crippen LogP contribution in [0.15, 0.2) is 29.8 Å². The fraction of sp³-hybridized carbons (Fsp3) is 0.231. The summed E-state index contributed by atoms with van der Waals surface area (Å²) in [6.45, 7) is 4.24. The SMILES string of the molecule is Cc1cccc2[nH]c(=S)n(C(C)c3nccs3)c12. The van der Waals surface area contributed by atoms with Gasteiger partial charge < -0.3 is 9.55 Å². The van der Waals surface area contributed by atoms with Gasteiger partial charge in [-0.05, 0) is 37.7 Å². The van der Waals surface area contributed by atoms with Crippen LogP contribution < -0.4 is 0 Å². The summed E-state index contributed by atoms with van der Waals surface area (Å²) in [6, 6.07) is 6.37. The van der Waals surface area contributed by atoms with Gasteiger partial charge in [-0.1, -0.05) is 12.1 Å². The molecule has 0 aliphatic heterocycles. The summed E-state index contributed by atoms with van der Waals surface area (Å²) in [4.78, 5) is 7.65. The molecular weight excluding hydrogens is 262 g/mol. The number of fused-ring (bicyclic) bond motifs is 1. The number of aromatic nitrogens is 3. The van der Waals surface area contributed by atoms with Gasteiger partial charge in [-0.3, -0.25) is 0 Å². The third kappa shape index (κ3) is 1.71. The predicted molar refractivity (Wildman–Crippen MR) is 77.8 cm³/mol. The molecule has 0 radical (unpaired) electrons. The maximum Gasteiger partial charge on any atom is 0.178 e. The Morgan fingerprint density at radius 3 is 3.00 bits per heavy atom. The fourth-order valence-corrected chi connectivity index (χ4v) is 3.32. The molecule has 0 spiro atoms. The van der Waals surface area contributed by atoms with Crippen molar-refractivity contribution in [2.75, 3.05) is 0 Å². The number of rotatable bonds is 2. The summed E-state index contributed by atoms with van der Waals surface area (Å²) in [5.41, 5.74) is 3.48. The molecule has 0 saturated carbocycles. The molecule has 2 heterocycles. The average Bonchev–Trinajstić information content (AvgIpc) is 2.95. The maximum absolute atomic E-state index is 5.45. The Morgan fingerprint density at radius 2 is 2.28 bits per heavy atom. The topological polar surface area (TPSA) is 33.6 Å². The number of hydrogen-bond donors (Lipinski definition) is 1. The van der Waals surface area contributed by atoms with Crippen LogP contribution in [0.25, 0.3) is 11.0 Å². The van der Waals surface area contributed by atoms with Crippen LogP contribution in [-0.2, 0) is 0 Å². The zero-order valence-electron chi connectivity index (χ0n) is 10.2. The van der Waals surface area contributed by atoms with E-state index in [9.17, 15) is 0 Å². The highest BCUT2D eigenvalue weighted by molar-refractivity contribution is 7.71. The Labute approximate surface area is 114 Å². The first kappa shape index (κ1) is 11.6. The van der Waals surface area contributed by atoms with Crippen molar-refractivity contribution < 1.29 is 0 Å². The summed E-state index contributed by atoms with van der Waals surface area (Å²) in [7, 11) is 0. The van der Waals surface area contributed by atoms with Crippen molar-refractivity contribution in [2.24, 2.45) is 0 Å². The van der Waals surface area contributed by atoms with Crippen LogP contribution in [0.5, 0.6) is 0 Å². The van der Waals surface area contributed by atoms with Crippen molar-refractivity contribution in [3.05, 3.63) is 45.1 Å². The van der Waals surface area contributed by atoms with Gasteiger partial charge in [-0.2, -0.15) is 0 Å². The molecule has 18 heavy (non-hydrogen) atoms. The first-order chi connectivity index (χ1) is 8.68. The molecule has 5 heteroatoms. The fourth-order valence-electron chi connectivity index (χ4n) is 2.28. The van der Waals surface area contributed by atoms with E-state index in [2.05, 4.69) is 40.5 Å². The van der Waals surface area contributed by atoms with Gasteiger partial charge in [0, 0.05) is 11.6 Å². The molecule has 1 aromatic carbocycles. The van der Waals surface area contributed by atoms with E-state index >= 15 is 0 Å². The second-order valence-electron chi connectivity index (χ2n) is 4.32. The van der Waals surface area contributed by atoms with Crippen LogP contribution in [-0.4, -0.2) is 14.5 Å². The molecule has 92 valence electrons. The lowest BCUT2D eigenvalue weighted by atomic mass is 10.2. The maximum atomic E-state index is 5.45. The van der Waals surface area contributed by atoms with Crippen LogP contribution in [0.4, 0.5) is 0 Å². The summed E-state index contributed by atoms with van der Waals surface area (Å²) in [5.74, 6) is 0. The van der Waals surface area contributed by atoms with Crippen LogP contribution in [0.2, 0.25) is 0 Å². The van der Waals surface area contributed by atoms with Gasteiger partial charge in [-0.15, -0.1) is 11.3 Å². The largest absolute Gasteiger partial charge is 0.331 e. The summed E-state index contributed by atoms with van der Waals surface area (Å²) >= 11 is 7.11. The number of thiazole rings is 1. The number of para-hydroxylation sites is 1. The molecule has 3 aromatic rings. The van der Waals surface area contributed by atoms with Gasteiger partial charge in [0.2, 0.25) is 0 Å². The second-order valence-corrected chi connectivity index (χ2v) is 5.63. The third-order valence-electron chi connectivity index (χ3n) is 3.14. The summed E-state index contributed by atoms with van der Waals surface area (Å²) in [6.07, 6.45) is 1.84. The Balaban J connectivity index is 2.29. The van der Waals surface area contributed by atoms with Crippen molar-refractivity contribution >= 4 is 34.6 Å². The van der Waals surface area contributed by atoms with Gasteiger partial charge in [0.05, 0.1) is 17.1 Å². The van der Waals surface area contributed by atoms with E-state index < -0.39 is 0 Å². The molecule has 2 aromatic heterocycles. The van der Waals surface area contributed by atoms with E-state index in [4.69, 9.17) is 12.2 Å². The number of nitrogens with one attached hydrogen (secondary N) is 1. The highest BCUT2D eigenvalue weighted by Gasteiger charge is 2.16. The zero-order chi connectivity index (χ0) is 12.7. The van der Waals surface area contributed by atoms with Gasteiger partial charge in [0.1, 0.15) is 5.01 Å². The van der Waals surface area contributed by atoms with Crippen LogP contribution in [0.3, 0.4) is 0 Å². The summed E-state index contributed by atoms with van der Waals surface area (Å²) < 4.78 is 2.90. The van der Waals surface area contributed by atoms with Gasteiger partial charge in [0.25, 0.3) is 0 Å². The quantitative estimate of drug-likeness (QED) is 0.715. The number of H-pyrrole nitrogens is 1. The van der Waals surface area contributed by atoms with Crippen molar-refractivity contribution in [1.82, 2.24) is 14.5 Å². The number of aryl methyl sites for hydroxylation is 1. The van der Waals surface area contributed by atoms with Gasteiger partial charge >= 0.3 is 0 Å². The van der Waals surface area contributed by atoms with Gasteiger partial charge in [-0.25, -0.2) is 4.98 Å². The van der Waals surface area contributed by atoms with E-state index in [1.165, 1.54) is 11.1 Å². The molecule has 1 N–H and O–H groups in total. The smallest absolute Gasteiger partial charge is 0.178 e. The standard InChI is InChI=1S/C13H13N3S2/c1-8-4-3-5-10-11(8)16(13(17)15-10)9(2)12-14-6-7-18-12/h3-7,9H,1-2H3,(H,15,17). The average molecular weight is 275 g/mol. The van der Waals surface area contributed by atoms with E-state index in [0.29, 0.717) is 0 Å². The number of aromatic amines is 1. The number of imidazole rings is 1. The van der Waals surface area contributed by atoms with Crippen molar-refractivity contribution in [3.63, 3.8) is 0 Å². The predicted octanol–water partition coefficient (Wildman–Crippen LogP) is 4.07. The molecule has 0 amide bonds. The first-order valence-corrected chi connectivity index (χ1v) is 7.06. The minimum Gasteiger partial charge on any atom is -0.331 e. The lowest BCUT2D eigenvalue weighted by Gasteiger charge is -2.12. The van der Waals surface area contributed by atoms with Crippen LogP contribution >= 0.6 is 23.6 Å². The zero-order valence-corrected chi connectivity index (χ0v) is 11.8. The molecule has 0 aliphatic carbocycles. The minimum absolute atomic E-state index is 0.160. The first-order valence-electron chi connectivity index (χ1n) is 5.77. The lowest BCUT2D eigenvalue weighted by Crippen LogP contribution is -2.07. The van der Waals surface area contributed by atoms with E-state index in [-0.39, 0.29) is 6.04 Å². The molecule has 1 atom stereocenters. The minimum atomic E-state index is 0.160. The third-order valence-corrected chi connectivity index (χ3v) is 4.38. The Hall–Kier alpha value is -1.46. The van der Waals surface area contributed by atoms with E-state index in [0.717, 1.165) is 15.3 Å². The molecule has 0 fully saturated rings. The van der Waals surface area contributed by atoms with Crippen LogP contribution in [0.1, 0.15) is 23.5 Å². The van der Waals surface area contributed by atoms with Gasteiger partial charge in [0.15, 0.2) is 4.77 Å². The summed E-state index contributed by atoms with van der Waals surface area (Å²) in [5, 5.41) is 3.08. The molecule has 0 bridgehead atoms. The molecule has 0 aliphatic rings. The number of hydrogen-bond acceptors (Lipinski definition) is 3. The molecule has 3 rings (SSSR count). The molecule has 3 nitrogen and oxygen atoms in total. The normalized spacial score (nSPS) is 13.0. The van der Waals surface area contributed by atoms with Crippen molar-refractivity contribution in [1.29, 1.82) is 0 Å². The molecule has 1 unspecified atom stereocenters. The van der Waals surface area contributed by atoms with Crippen molar-refractivity contribution in [2.45, 2.75) is 19.9 Å². The molecular formula is C13H13N3S2. The number of nitrogens with zero attached hydrogens (tertiary/aromatic N) is 2. The Morgan fingerprint density at radius 1 is 1.44 bits per heavy atom. The molecule has 0 saturated heterocycles. The lowest BCUT2D eigenvalue weighted by molar-refractivity contribution is 0.643. The highest BCUT2D eigenvalue weighted by atomic mass is 32.1. The highest BCUT2D eigenvalue weighted by Crippen LogP contribution is 2.27. The van der Waals surface area contributed by atoms with E-state index in [1.54, 1.807) is 11.3 Å². The second kappa shape index (κ2) is 4.33.